The Balaban J connectivity index is 2.32. The van der Waals surface area contributed by atoms with Crippen LogP contribution in [0.4, 0.5) is 0 Å². The minimum Gasteiger partial charge on any atom is -0.312 e. The van der Waals surface area contributed by atoms with Gasteiger partial charge in [-0.3, -0.25) is 0 Å². The minimum atomic E-state index is -2.84. The van der Waals surface area contributed by atoms with Crippen LogP contribution in [0.3, 0.4) is 0 Å². The molecular weight excluding hydrogens is 222 g/mol. The van der Waals surface area contributed by atoms with E-state index < -0.39 is 9.84 Å². The van der Waals surface area contributed by atoms with Gasteiger partial charge in [0.15, 0.2) is 9.84 Å². The van der Waals surface area contributed by atoms with E-state index in [0.717, 1.165) is 6.54 Å². The summed E-state index contributed by atoms with van der Waals surface area (Å²) >= 11 is 0. The van der Waals surface area contributed by atoms with Crippen LogP contribution in [0, 0.1) is 6.92 Å². The molecule has 0 aliphatic heterocycles. The zero-order valence-corrected chi connectivity index (χ0v) is 10.7. The van der Waals surface area contributed by atoms with E-state index in [0.29, 0.717) is 6.54 Å². The maximum absolute atomic E-state index is 11.2. The van der Waals surface area contributed by atoms with E-state index in [-0.39, 0.29) is 11.5 Å². The van der Waals surface area contributed by atoms with Crippen LogP contribution in [0.1, 0.15) is 18.1 Å². The van der Waals surface area contributed by atoms with Gasteiger partial charge in [-0.1, -0.05) is 36.8 Å². The van der Waals surface area contributed by atoms with Crippen molar-refractivity contribution in [3.05, 3.63) is 35.4 Å². The maximum Gasteiger partial charge on any atom is 0.151 e. The van der Waals surface area contributed by atoms with Crippen LogP contribution >= 0.6 is 0 Å². The first-order valence-electron chi connectivity index (χ1n) is 5.50. The molecule has 90 valence electrons. The lowest BCUT2D eigenvalue weighted by Gasteiger charge is -2.05. The highest BCUT2D eigenvalue weighted by atomic mass is 32.2. The zero-order chi connectivity index (χ0) is 12.0. The van der Waals surface area contributed by atoms with Crippen molar-refractivity contribution in [3.8, 4) is 0 Å². The zero-order valence-electron chi connectivity index (χ0n) is 9.86. The predicted molar refractivity (Wildman–Crippen MR) is 67.2 cm³/mol. The molecule has 0 aliphatic rings. The standard InChI is InChI=1S/C12H19NO2S/c1-3-16(14,15)8-7-13-10-12-6-4-5-11(2)9-12/h4-6,9,13H,3,7-8,10H2,1-2H3. The fourth-order valence-electron chi connectivity index (χ4n) is 1.43. The van der Waals surface area contributed by atoms with Crippen molar-refractivity contribution >= 4 is 9.84 Å². The molecule has 0 saturated carbocycles. The Morgan fingerprint density at radius 1 is 1.31 bits per heavy atom. The van der Waals surface area contributed by atoms with Crippen molar-refractivity contribution in [2.24, 2.45) is 0 Å². The highest BCUT2D eigenvalue weighted by molar-refractivity contribution is 7.91. The molecule has 16 heavy (non-hydrogen) atoms. The number of hydrogen-bond acceptors (Lipinski definition) is 3. The van der Waals surface area contributed by atoms with E-state index in [1.54, 1.807) is 6.92 Å². The summed E-state index contributed by atoms with van der Waals surface area (Å²) in [5.41, 5.74) is 2.41. The second kappa shape index (κ2) is 6.01. The molecular formula is C12H19NO2S. The van der Waals surface area contributed by atoms with Gasteiger partial charge in [-0.2, -0.15) is 0 Å². The number of nitrogens with one attached hydrogen (secondary N) is 1. The molecule has 0 spiro atoms. The van der Waals surface area contributed by atoms with Gasteiger partial charge in [0.2, 0.25) is 0 Å². The van der Waals surface area contributed by atoms with Crippen molar-refractivity contribution in [3.63, 3.8) is 0 Å². The monoisotopic (exact) mass is 241 g/mol. The van der Waals surface area contributed by atoms with E-state index in [9.17, 15) is 8.42 Å². The summed E-state index contributed by atoms with van der Waals surface area (Å²) in [7, 11) is -2.84. The Labute approximate surface area is 97.8 Å². The summed E-state index contributed by atoms with van der Waals surface area (Å²) in [5.74, 6) is 0.439. The highest BCUT2D eigenvalue weighted by Gasteiger charge is 2.05. The van der Waals surface area contributed by atoms with Crippen LogP contribution in [0.15, 0.2) is 24.3 Å². The molecule has 1 aromatic carbocycles. The van der Waals surface area contributed by atoms with Crippen molar-refractivity contribution < 1.29 is 8.42 Å². The largest absolute Gasteiger partial charge is 0.312 e. The third-order valence-corrected chi connectivity index (χ3v) is 4.15. The molecule has 1 N–H and O–H groups in total. The first-order chi connectivity index (χ1) is 7.53. The molecule has 1 rings (SSSR count). The third-order valence-electron chi connectivity index (χ3n) is 2.44. The topological polar surface area (TPSA) is 46.2 Å². The number of benzene rings is 1. The van der Waals surface area contributed by atoms with Gasteiger partial charge in [-0.05, 0) is 12.5 Å². The van der Waals surface area contributed by atoms with Crippen LogP contribution < -0.4 is 5.32 Å². The van der Waals surface area contributed by atoms with E-state index in [1.165, 1.54) is 11.1 Å². The molecule has 1 aromatic rings. The van der Waals surface area contributed by atoms with Gasteiger partial charge in [0.05, 0.1) is 5.75 Å². The van der Waals surface area contributed by atoms with E-state index >= 15 is 0 Å². The van der Waals surface area contributed by atoms with Crippen LogP contribution in [0.5, 0.6) is 0 Å². The lowest BCUT2D eigenvalue weighted by atomic mass is 10.1. The van der Waals surface area contributed by atoms with Gasteiger partial charge in [0.25, 0.3) is 0 Å². The molecule has 0 saturated heterocycles. The van der Waals surface area contributed by atoms with Crippen LogP contribution in [-0.4, -0.2) is 26.5 Å². The molecule has 0 amide bonds. The number of aryl methyl sites for hydroxylation is 1. The van der Waals surface area contributed by atoms with E-state index in [4.69, 9.17) is 0 Å². The molecule has 4 heteroatoms. The second-order valence-electron chi connectivity index (χ2n) is 3.90. The molecule has 0 radical (unpaired) electrons. The van der Waals surface area contributed by atoms with Gasteiger partial charge in [-0.25, -0.2) is 8.42 Å². The maximum atomic E-state index is 11.2. The smallest absolute Gasteiger partial charge is 0.151 e. The molecule has 0 heterocycles. The molecule has 3 nitrogen and oxygen atoms in total. The van der Waals surface area contributed by atoms with E-state index in [1.807, 2.05) is 25.1 Å². The summed E-state index contributed by atoms with van der Waals surface area (Å²) in [6.45, 7) is 4.96. The SMILES string of the molecule is CCS(=O)(=O)CCNCc1cccc(C)c1. The average molecular weight is 241 g/mol. The lowest BCUT2D eigenvalue weighted by Crippen LogP contribution is -2.23. The average Bonchev–Trinajstić information content (AvgIpc) is 2.25. The van der Waals surface area contributed by atoms with Crippen molar-refractivity contribution in [1.29, 1.82) is 0 Å². The summed E-state index contributed by atoms with van der Waals surface area (Å²) in [5, 5.41) is 3.14. The Kier molecular flexibility index (Phi) is 4.96. The molecule has 0 bridgehead atoms. The summed E-state index contributed by atoms with van der Waals surface area (Å²) < 4.78 is 22.4. The van der Waals surface area contributed by atoms with Gasteiger partial charge in [0.1, 0.15) is 0 Å². The predicted octanol–water partition coefficient (Wildman–Crippen LogP) is 1.52. The number of hydrogen-bond donors (Lipinski definition) is 1. The molecule has 0 fully saturated rings. The quantitative estimate of drug-likeness (QED) is 0.768. The van der Waals surface area contributed by atoms with Crippen LogP contribution in [-0.2, 0) is 16.4 Å². The fraction of sp³-hybridized carbons (Fsp3) is 0.500. The number of rotatable bonds is 6. The fourth-order valence-corrected chi connectivity index (χ4v) is 2.17. The summed E-state index contributed by atoms with van der Waals surface area (Å²) in [6, 6.07) is 8.19. The van der Waals surface area contributed by atoms with Crippen LogP contribution in [0.2, 0.25) is 0 Å². The lowest BCUT2D eigenvalue weighted by molar-refractivity contribution is 0.592. The van der Waals surface area contributed by atoms with Gasteiger partial charge in [-0.15, -0.1) is 0 Å². The highest BCUT2D eigenvalue weighted by Crippen LogP contribution is 2.02. The molecule has 0 atom stereocenters. The van der Waals surface area contributed by atoms with Crippen LogP contribution in [0.25, 0.3) is 0 Å². The van der Waals surface area contributed by atoms with Gasteiger partial charge in [0, 0.05) is 18.8 Å². The van der Waals surface area contributed by atoms with Gasteiger partial charge >= 0.3 is 0 Å². The number of sulfone groups is 1. The molecule has 0 aromatic heterocycles. The van der Waals surface area contributed by atoms with E-state index in [2.05, 4.69) is 11.4 Å². The first kappa shape index (κ1) is 13.2. The molecule has 0 unspecified atom stereocenters. The van der Waals surface area contributed by atoms with Crippen molar-refractivity contribution in [1.82, 2.24) is 5.32 Å². The molecule has 0 aliphatic carbocycles. The third kappa shape index (κ3) is 4.77. The van der Waals surface area contributed by atoms with Crippen molar-refractivity contribution in [2.75, 3.05) is 18.1 Å². The first-order valence-corrected chi connectivity index (χ1v) is 7.32. The Morgan fingerprint density at radius 2 is 2.06 bits per heavy atom. The van der Waals surface area contributed by atoms with Gasteiger partial charge < -0.3 is 5.32 Å². The summed E-state index contributed by atoms with van der Waals surface area (Å²) in [4.78, 5) is 0. The summed E-state index contributed by atoms with van der Waals surface area (Å²) in [6.07, 6.45) is 0. The van der Waals surface area contributed by atoms with Crippen molar-refractivity contribution in [2.45, 2.75) is 20.4 Å². The minimum absolute atomic E-state index is 0.218. The second-order valence-corrected chi connectivity index (χ2v) is 6.37. The normalized spacial score (nSPS) is 11.6. The Hall–Kier alpha value is -0.870. The Morgan fingerprint density at radius 3 is 2.69 bits per heavy atom. The Bertz CT molecular complexity index is 426.